The molecule has 0 spiro atoms. The molecule has 1 amide bonds. The van der Waals surface area contributed by atoms with Crippen molar-refractivity contribution in [3.8, 4) is 5.75 Å². The number of ether oxygens (including phenoxy) is 1. The monoisotopic (exact) mass is 505 g/mol. The first-order chi connectivity index (χ1) is 14.1. The van der Waals surface area contributed by atoms with Crippen molar-refractivity contribution in [3.63, 3.8) is 0 Å². The molecule has 9 heteroatoms. The molecule has 3 heterocycles. The van der Waals surface area contributed by atoms with Gasteiger partial charge in [0.15, 0.2) is 11.9 Å². The fourth-order valence-electron chi connectivity index (χ4n) is 3.52. The quantitative estimate of drug-likeness (QED) is 0.391. The van der Waals surface area contributed by atoms with Crippen LogP contribution in [0.3, 0.4) is 0 Å². The van der Waals surface area contributed by atoms with Crippen molar-refractivity contribution in [2.75, 3.05) is 38.2 Å². The summed E-state index contributed by atoms with van der Waals surface area (Å²) in [6.45, 7) is 2.81. The lowest BCUT2D eigenvalue weighted by Crippen LogP contribution is -2.49. The minimum atomic E-state index is -0.0302. The number of carbonyl (C=O) groups excluding carboxylic acids is 2. The average molecular weight is 505 g/mol. The van der Waals surface area contributed by atoms with Crippen LogP contribution in [0, 0.1) is 3.57 Å². The number of nitrogens with zero attached hydrogens (tertiary/aromatic N) is 5. The molecular weight excluding hydrogens is 485 g/mol. The molecule has 0 bridgehead atoms. The molecule has 1 saturated heterocycles. The Labute approximate surface area is 181 Å². The van der Waals surface area contributed by atoms with Crippen molar-refractivity contribution in [1.29, 1.82) is 0 Å². The van der Waals surface area contributed by atoms with E-state index in [1.165, 1.54) is 4.68 Å². The summed E-state index contributed by atoms with van der Waals surface area (Å²) in [7, 11) is 1.67. The van der Waals surface area contributed by atoms with E-state index in [1.807, 2.05) is 17.0 Å². The zero-order valence-electron chi connectivity index (χ0n) is 15.9. The third-order valence-electron chi connectivity index (χ3n) is 5.06. The number of hydrogen-bond donors (Lipinski definition) is 0. The summed E-state index contributed by atoms with van der Waals surface area (Å²) in [5, 5.41) is 4.91. The van der Waals surface area contributed by atoms with Gasteiger partial charge in [-0.15, -0.1) is 0 Å². The third kappa shape index (κ3) is 3.91. The van der Waals surface area contributed by atoms with Crippen molar-refractivity contribution in [1.82, 2.24) is 19.7 Å². The van der Waals surface area contributed by atoms with Gasteiger partial charge in [-0.3, -0.25) is 9.59 Å². The summed E-state index contributed by atoms with van der Waals surface area (Å²) in [5.41, 5.74) is 1.94. The van der Waals surface area contributed by atoms with Gasteiger partial charge in [0.25, 0.3) is 0 Å². The minimum Gasteiger partial charge on any atom is -0.496 e. The Hall–Kier alpha value is -2.69. The molecule has 150 valence electrons. The predicted octanol–water partition coefficient (Wildman–Crippen LogP) is 2.21. The summed E-state index contributed by atoms with van der Waals surface area (Å²) in [5.74, 6) is 0.822. The highest BCUT2D eigenvalue weighted by Crippen LogP contribution is 2.27. The minimum absolute atomic E-state index is 0.0302. The lowest BCUT2D eigenvalue weighted by atomic mass is 10.2. The van der Waals surface area contributed by atoms with Crippen LogP contribution in [0.1, 0.15) is 10.5 Å². The Balaban J connectivity index is 1.43. The molecule has 0 atom stereocenters. The molecule has 1 fully saturated rings. The second kappa shape index (κ2) is 8.36. The summed E-state index contributed by atoms with van der Waals surface area (Å²) in [4.78, 5) is 32.4. The van der Waals surface area contributed by atoms with Gasteiger partial charge in [-0.05, 0) is 46.9 Å². The predicted molar refractivity (Wildman–Crippen MR) is 117 cm³/mol. The van der Waals surface area contributed by atoms with E-state index >= 15 is 0 Å². The van der Waals surface area contributed by atoms with E-state index in [4.69, 9.17) is 4.74 Å². The van der Waals surface area contributed by atoms with Crippen LogP contribution >= 0.6 is 22.6 Å². The van der Waals surface area contributed by atoms with Crippen LogP contribution in [0.5, 0.6) is 5.75 Å². The SMILES string of the molecule is COc1cc(N2CCN(C(=O)Cn3nc(C=O)c4cccnc43)CC2)ccc1I. The fourth-order valence-corrected chi connectivity index (χ4v) is 4.07. The molecule has 1 aliphatic heterocycles. The van der Waals surface area contributed by atoms with E-state index in [9.17, 15) is 9.59 Å². The van der Waals surface area contributed by atoms with Gasteiger partial charge in [-0.2, -0.15) is 5.10 Å². The highest BCUT2D eigenvalue weighted by molar-refractivity contribution is 14.1. The van der Waals surface area contributed by atoms with Crippen molar-refractivity contribution < 1.29 is 14.3 Å². The largest absolute Gasteiger partial charge is 0.496 e. The Morgan fingerprint density at radius 2 is 2.03 bits per heavy atom. The van der Waals surface area contributed by atoms with Crippen molar-refractivity contribution >= 4 is 51.5 Å². The number of hydrogen-bond acceptors (Lipinski definition) is 6. The highest BCUT2D eigenvalue weighted by atomic mass is 127. The van der Waals surface area contributed by atoms with Gasteiger partial charge in [-0.25, -0.2) is 9.67 Å². The van der Waals surface area contributed by atoms with Gasteiger partial charge in [0.1, 0.15) is 18.0 Å². The number of pyridine rings is 1. The molecule has 1 aromatic carbocycles. The lowest BCUT2D eigenvalue weighted by Gasteiger charge is -2.36. The standard InChI is InChI=1S/C20H20IN5O3/c1-29-18-11-14(4-5-16(18)21)24-7-9-25(10-8-24)19(28)12-26-20-15(3-2-6-22-20)17(13-27)23-26/h2-6,11,13H,7-10,12H2,1H3. The van der Waals surface area contributed by atoms with Gasteiger partial charge in [0.2, 0.25) is 5.91 Å². The summed E-state index contributed by atoms with van der Waals surface area (Å²) >= 11 is 2.25. The van der Waals surface area contributed by atoms with Crippen molar-refractivity contribution in [2.45, 2.75) is 6.54 Å². The molecule has 29 heavy (non-hydrogen) atoms. The van der Waals surface area contributed by atoms with Gasteiger partial charge >= 0.3 is 0 Å². The van der Waals surface area contributed by atoms with E-state index in [1.54, 1.807) is 25.4 Å². The zero-order valence-corrected chi connectivity index (χ0v) is 18.1. The molecule has 1 aliphatic rings. The van der Waals surface area contributed by atoms with E-state index < -0.39 is 0 Å². The summed E-state index contributed by atoms with van der Waals surface area (Å²) < 4.78 is 7.99. The molecule has 0 unspecified atom stereocenters. The molecule has 0 aliphatic carbocycles. The highest BCUT2D eigenvalue weighted by Gasteiger charge is 2.23. The van der Waals surface area contributed by atoms with Crippen LogP contribution in [-0.2, 0) is 11.3 Å². The first kappa shape index (κ1) is 19.6. The molecule has 0 N–H and O–H groups in total. The van der Waals surface area contributed by atoms with Crippen molar-refractivity contribution in [3.05, 3.63) is 45.8 Å². The number of rotatable bonds is 5. The zero-order chi connectivity index (χ0) is 20.4. The molecule has 0 radical (unpaired) electrons. The van der Waals surface area contributed by atoms with Crippen LogP contribution in [-0.4, -0.2) is 65.1 Å². The maximum atomic E-state index is 12.8. The molecule has 8 nitrogen and oxygen atoms in total. The number of carbonyl (C=O) groups is 2. The number of anilines is 1. The number of aromatic nitrogens is 3. The van der Waals surface area contributed by atoms with Crippen LogP contribution < -0.4 is 9.64 Å². The van der Waals surface area contributed by atoms with E-state index in [-0.39, 0.29) is 12.5 Å². The maximum Gasteiger partial charge on any atom is 0.244 e. The van der Waals surface area contributed by atoms with Gasteiger partial charge in [-0.1, -0.05) is 0 Å². The lowest BCUT2D eigenvalue weighted by molar-refractivity contribution is -0.132. The van der Waals surface area contributed by atoms with Crippen LogP contribution in [0.25, 0.3) is 11.0 Å². The topological polar surface area (TPSA) is 80.6 Å². The van der Waals surface area contributed by atoms with Crippen LogP contribution in [0.15, 0.2) is 36.5 Å². The van der Waals surface area contributed by atoms with E-state index in [0.29, 0.717) is 36.1 Å². The number of halogens is 1. The number of piperazine rings is 1. The Bertz CT molecular complexity index is 1060. The summed E-state index contributed by atoms with van der Waals surface area (Å²) in [6.07, 6.45) is 2.33. The van der Waals surface area contributed by atoms with Gasteiger partial charge in [0.05, 0.1) is 10.7 Å². The fraction of sp³-hybridized carbons (Fsp3) is 0.300. The molecular formula is C20H20IN5O3. The number of amides is 1. The Morgan fingerprint density at radius 3 is 2.76 bits per heavy atom. The number of fused-ring (bicyclic) bond motifs is 1. The van der Waals surface area contributed by atoms with E-state index in [2.05, 4.69) is 43.6 Å². The van der Waals surface area contributed by atoms with Crippen LogP contribution in [0.2, 0.25) is 0 Å². The Morgan fingerprint density at radius 1 is 1.24 bits per heavy atom. The molecule has 3 aromatic rings. The second-order valence-electron chi connectivity index (χ2n) is 6.72. The normalized spacial score (nSPS) is 14.3. The second-order valence-corrected chi connectivity index (χ2v) is 7.88. The van der Waals surface area contributed by atoms with E-state index in [0.717, 1.165) is 28.1 Å². The number of aldehydes is 1. The molecule has 2 aromatic heterocycles. The third-order valence-corrected chi connectivity index (χ3v) is 5.96. The number of methoxy groups -OCH3 is 1. The average Bonchev–Trinajstić information content (AvgIpc) is 3.12. The first-order valence-electron chi connectivity index (χ1n) is 9.23. The smallest absolute Gasteiger partial charge is 0.244 e. The van der Waals surface area contributed by atoms with Gasteiger partial charge in [0, 0.05) is 49.5 Å². The molecule has 4 rings (SSSR count). The molecule has 0 saturated carbocycles. The first-order valence-corrected chi connectivity index (χ1v) is 10.3. The van der Waals surface area contributed by atoms with Crippen molar-refractivity contribution in [2.24, 2.45) is 0 Å². The number of benzene rings is 1. The summed E-state index contributed by atoms with van der Waals surface area (Å²) in [6, 6.07) is 9.68. The maximum absolute atomic E-state index is 12.8. The Kier molecular flexibility index (Phi) is 5.65. The van der Waals surface area contributed by atoms with Gasteiger partial charge < -0.3 is 14.5 Å². The van der Waals surface area contributed by atoms with Crippen LogP contribution in [0.4, 0.5) is 5.69 Å².